The molecule has 2 heterocycles. The minimum atomic E-state index is 0.0718. The quantitative estimate of drug-likeness (QED) is 0.783. The molecule has 0 saturated carbocycles. The van der Waals surface area contributed by atoms with Gasteiger partial charge in [0.25, 0.3) is 0 Å². The maximum atomic E-state index is 12.2. The summed E-state index contributed by atoms with van der Waals surface area (Å²) >= 11 is 3.70. The normalized spacial score (nSPS) is 16.5. The first-order valence-electron chi connectivity index (χ1n) is 8.65. The fourth-order valence-electron chi connectivity index (χ4n) is 3.04. The van der Waals surface area contributed by atoms with Crippen molar-refractivity contribution < 1.29 is 4.79 Å². The summed E-state index contributed by atoms with van der Waals surface area (Å²) in [6.07, 6.45) is 3.24. The van der Waals surface area contributed by atoms with Crippen LogP contribution in [0.3, 0.4) is 0 Å². The van der Waals surface area contributed by atoms with Crippen molar-refractivity contribution in [1.82, 2.24) is 9.80 Å². The SMILES string of the molecule is CSc1ccc(CN2CCCN(CC(=O)Nc3ccccc3)CC2)s1. The smallest absolute Gasteiger partial charge is 0.238 e. The van der Waals surface area contributed by atoms with Gasteiger partial charge in [0, 0.05) is 30.2 Å². The topological polar surface area (TPSA) is 35.6 Å². The van der Waals surface area contributed by atoms with Gasteiger partial charge in [-0.2, -0.15) is 0 Å². The lowest BCUT2D eigenvalue weighted by Crippen LogP contribution is -2.36. The molecular weight excluding hydrogens is 350 g/mol. The van der Waals surface area contributed by atoms with E-state index >= 15 is 0 Å². The Balaban J connectivity index is 1.45. The van der Waals surface area contributed by atoms with E-state index in [0.29, 0.717) is 6.54 Å². The molecule has 1 aromatic heterocycles. The first-order valence-corrected chi connectivity index (χ1v) is 10.7. The number of hydrogen-bond acceptors (Lipinski definition) is 5. The number of rotatable bonds is 6. The van der Waals surface area contributed by atoms with E-state index in [-0.39, 0.29) is 5.91 Å². The van der Waals surface area contributed by atoms with Crippen molar-refractivity contribution in [2.24, 2.45) is 0 Å². The molecule has 1 aliphatic heterocycles. The van der Waals surface area contributed by atoms with Gasteiger partial charge in [-0.1, -0.05) is 18.2 Å². The Morgan fingerprint density at radius 1 is 1.08 bits per heavy atom. The van der Waals surface area contributed by atoms with Crippen LogP contribution in [0.1, 0.15) is 11.3 Å². The van der Waals surface area contributed by atoms with Crippen LogP contribution in [0.15, 0.2) is 46.7 Å². The fraction of sp³-hybridized carbons (Fsp3) is 0.421. The van der Waals surface area contributed by atoms with Crippen LogP contribution in [-0.2, 0) is 11.3 Å². The second kappa shape index (κ2) is 9.38. The zero-order chi connectivity index (χ0) is 17.5. The molecule has 0 bridgehead atoms. The third-order valence-electron chi connectivity index (χ3n) is 4.32. The largest absolute Gasteiger partial charge is 0.325 e. The number of anilines is 1. The maximum absolute atomic E-state index is 12.2. The van der Waals surface area contributed by atoms with Crippen LogP contribution in [0.5, 0.6) is 0 Å². The first kappa shape index (κ1) is 18.5. The monoisotopic (exact) mass is 375 g/mol. The maximum Gasteiger partial charge on any atom is 0.238 e. The molecule has 1 fully saturated rings. The fourth-order valence-corrected chi connectivity index (χ4v) is 4.68. The zero-order valence-electron chi connectivity index (χ0n) is 14.6. The van der Waals surface area contributed by atoms with Gasteiger partial charge in [-0.3, -0.25) is 14.6 Å². The number of thiophene rings is 1. The molecule has 25 heavy (non-hydrogen) atoms. The van der Waals surface area contributed by atoms with Crippen LogP contribution < -0.4 is 5.32 Å². The molecule has 2 aromatic rings. The van der Waals surface area contributed by atoms with Crippen LogP contribution in [0.25, 0.3) is 0 Å². The number of nitrogens with zero attached hydrogens (tertiary/aromatic N) is 2. The lowest BCUT2D eigenvalue weighted by Gasteiger charge is -2.21. The van der Waals surface area contributed by atoms with Gasteiger partial charge in [-0.15, -0.1) is 23.1 Å². The molecule has 1 amide bonds. The molecule has 1 aliphatic rings. The average molecular weight is 376 g/mol. The summed E-state index contributed by atoms with van der Waals surface area (Å²) in [5, 5.41) is 2.97. The van der Waals surface area contributed by atoms with Crippen LogP contribution in [-0.4, -0.2) is 54.7 Å². The number of carbonyl (C=O) groups excluding carboxylic acids is 1. The Bertz CT molecular complexity index is 674. The Kier molecular flexibility index (Phi) is 6.93. The summed E-state index contributed by atoms with van der Waals surface area (Å²) in [5.74, 6) is 0.0718. The first-order chi connectivity index (χ1) is 12.2. The number of hydrogen-bond donors (Lipinski definition) is 1. The standard InChI is InChI=1S/C19H25N3OS2/c1-24-19-9-8-17(25-19)14-21-10-5-11-22(13-12-21)15-18(23)20-16-6-3-2-4-7-16/h2-4,6-9H,5,10-15H2,1H3,(H,20,23). The average Bonchev–Trinajstić information content (AvgIpc) is 2.96. The highest BCUT2D eigenvalue weighted by Gasteiger charge is 2.17. The van der Waals surface area contributed by atoms with E-state index in [1.54, 1.807) is 0 Å². The van der Waals surface area contributed by atoms with E-state index in [4.69, 9.17) is 0 Å². The summed E-state index contributed by atoms with van der Waals surface area (Å²) in [6, 6.07) is 14.1. The molecule has 1 saturated heterocycles. The Morgan fingerprint density at radius 2 is 1.84 bits per heavy atom. The summed E-state index contributed by atoms with van der Waals surface area (Å²) in [4.78, 5) is 18.4. The Labute approximate surface area is 158 Å². The lowest BCUT2D eigenvalue weighted by molar-refractivity contribution is -0.117. The van der Waals surface area contributed by atoms with Gasteiger partial charge in [0.15, 0.2) is 0 Å². The second-order valence-corrected chi connectivity index (χ2v) is 8.52. The predicted octanol–water partition coefficient (Wildman–Crippen LogP) is 3.62. The molecular formula is C19H25N3OS2. The van der Waals surface area contributed by atoms with Crippen molar-refractivity contribution in [2.45, 2.75) is 17.2 Å². The van der Waals surface area contributed by atoms with Crippen LogP contribution in [0, 0.1) is 0 Å². The van der Waals surface area contributed by atoms with E-state index in [9.17, 15) is 4.79 Å². The van der Waals surface area contributed by atoms with E-state index in [0.717, 1.165) is 44.8 Å². The van der Waals surface area contributed by atoms with E-state index in [2.05, 4.69) is 33.5 Å². The van der Waals surface area contributed by atoms with Crippen molar-refractivity contribution >= 4 is 34.7 Å². The number of nitrogens with one attached hydrogen (secondary N) is 1. The summed E-state index contributed by atoms with van der Waals surface area (Å²) in [6.45, 7) is 5.55. The minimum absolute atomic E-state index is 0.0718. The lowest BCUT2D eigenvalue weighted by atomic mass is 10.3. The van der Waals surface area contributed by atoms with Gasteiger partial charge < -0.3 is 5.32 Å². The molecule has 3 rings (SSSR count). The zero-order valence-corrected chi connectivity index (χ0v) is 16.2. The molecule has 0 radical (unpaired) electrons. The van der Waals surface area contributed by atoms with Gasteiger partial charge in [0.1, 0.15) is 0 Å². The minimum Gasteiger partial charge on any atom is -0.325 e. The number of para-hydroxylation sites is 1. The third-order valence-corrected chi connectivity index (χ3v) is 6.48. The number of thioether (sulfide) groups is 1. The van der Waals surface area contributed by atoms with Crippen molar-refractivity contribution in [2.75, 3.05) is 44.3 Å². The van der Waals surface area contributed by atoms with Gasteiger partial charge in [0.2, 0.25) is 5.91 Å². The molecule has 0 unspecified atom stereocenters. The van der Waals surface area contributed by atoms with Gasteiger partial charge in [-0.25, -0.2) is 0 Å². The Hall–Kier alpha value is -1.34. The molecule has 4 nitrogen and oxygen atoms in total. The van der Waals surface area contributed by atoms with Gasteiger partial charge in [-0.05, 0) is 50.0 Å². The number of benzene rings is 1. The highest BCUT2D eigenvalue weighted by Crippen LogP contribution is 2.26. The molecule has 6 heteroatoms. The van der Waals surface area contributed by atoms with Crippen LogP contribution in [0.2, 0.25) is 0 Å². The third kappa shape index (κ3) is 5.85. The van der Waals surface area contributed by atoms with Crippen molar-refractivity contribution in [3.63, 3.8) is 0 Å². The predicted molar refractivity (Wildman–Crippen MR) is 108 cm³/mol. The molecule has 134 valence electrons. The highest BCUT2D eigenvalue weighted by atomic mass is 32.2. The second-order valence-electron chi connectivity index (χ2n) is 6.24. The number of amides is 1. The summed E-state index contributed by atoms with van der Waals surface area (Å²) in [5.41, 5.74) is 0.867. The van der Waals surface area contributed by atoms with Crippen LogP contribution in [0.4, 0.5) is 5.69 Å². The summed E-state index contributed by atoms with van der Waals surface area (Å²) in [7, 11) is 0. The van der Waals surface area contributed by atoms with Crippen LogP contribution >= 0.6 is 23.1 Å². The molecule has 1 aromatic carbocycles. The summed E-state index contributed by atoms with van der Waals surface area (Å²) < 4.78 is 1.38. The molecule has 0 aliphatic carbocycles. The highest BCUT2D eigenvalue weighted by molar-refractivity contribution is 8.00. The van der Waals surface area contributed by atoms with E-state index < -0.39 is 0 Å². The van der Waals surface area contributed by atoms with E-state index in [1.165, 1.54) is 9.09 Å². The van der Waals surface area contributed by atoms with Gasteiger partial charge in [0.05, 0.1) is 10.8 Å². The molecule has 0 spiro atoms. The molecule has 1 N–H and O–H groups in total. The Morgan fingerprint density at radius 3 is 2.60 bits per heavy atom. The molecule has 0 atom stereocenters. The van der Waals surface area contributed by atoms with Crippen molar-refractivity contribution in [1.29, 1.82) is 0 Å². The van der Waals surface area contributed by atoms with Crippen molar-refractivity contribution in [3.8, 4) is 0 Å². The number of carbonyl (C=O) groups is 1. The van der Waals surface area contributed by atoms with Gasteiger partial charge >= 0.3 is 0 Å². The van der Waals surface area contributed by atoms with E-state index in [1.807, 2.05) is 53.4 Å². The van der Waals surface area contributed by atoms with Crippen molar-refractivity contribution in [3.05, 3.63) is 47.3 Å².